The number of aryl methyl sites for hydroxylation is 1. The number of aromatic nitrogens is 1. The zero-order chi connectivity index (χ0) is 15.4. The SMILES string of the molecule is Cc1ccccc1C(=O)N1CCC(Cc2ccncc2)CC1. The average Bonchev–Trinajstić information content (AvgIpc) is 2.56. The van der Waals surface area contributed by atoms with Crippen LogP contribution in [0, 0.1) is 12.8 Å². The summed E-state index contributed by atoms with van der Waals surface area (Å²) in [6.07, 6.45) is 6.97. The number of hydrogen-bond donors (Lipinski definition) is 0. The number of carbonyl (C=O) groups excluding carboxylic acids is 1. The number of pyridine rings is 1. The molecule has 0 spiro atoms. The number of benzene rings is 1. The van der Waals surface area contributed by atoms with Crippen LogP contribution >= 0.6 is 0 Å². The van der Waals surface area contributed by atoms with Crippen molar-refractivity contribution in [1.82, 2.24) is 9.88 Å². The molecule has 0 radical (unpaired) electrons. The molecule has 1 fully saturated rings. The molecule has 1 aromatic carbocycles. The van der Waals surface area contributed by atoms with Gasteiger partial charge in [0.1, 0.15) is 0 Å². The quantitative estimate of drug-likeness (QED) is 0.868. The Balaban J connectivity index is 1.58. The molecule has 1 aromatic heterocycles. The van der Waals surface area contributed by atoms with Gasteiger partial charge in [0.15, 0.2) is 0 Å². The minimum absolute atomic E-state index is 0.181. The third kappa shape index (κ3) is 3.35. The minimum atomic E-state index is 0.181. The van der Waals surface area contributed by atoms with E-state index in [-0.39, 0.29) is 5.91 Å². The van der Waals surface area contributed by atoms with Crippen LogP contribution in [0.4, 0.5) is 0 Å². The molecule has 0 unspecified atom stereocenters. The highest BCUT2D eigenvalue weighted by atomic mass is 16.2. The molecule has 1 aliphatic heterocycles. The summed E-state index contributed by atoms with van der Waals surface area (Å²) in [6.45, 7) is 3.73. The molecular weight excluding hydrogens is 272 g/mol. The molecule has 1 saturated heterocycles. The monoisotopic (exact) mass is 294 g/mol. The molecule has 1 aliphatic rings. The maximum absolute atomic E-state index is 12.6. The number of amides is 1. The van der Waals surface area contributed by atoms with Gasteiger partial charge >= 0.3 is 0 Å². The van der Waals surface area contributed by atoms with E-state index in [1.165, 1.54) is 5.56 Å². The Morgan fingerprint density at radius 2 is 1.82 bits per heavy atom. The zero-order valence-electron chi connectivity index (χ0n) is 13.0. The molecule has 3 heteroatoms. The van der Waals surface area contributed by atoms with E-state index < -0.39 is 0 Å². The molecule has 2 aromatic rings. The fourth-order valence-corrected chi connectivity index (χ4v) is 3.18. The predicted octanol–water partition coefficient (Wildman–Crippen LogP) is 3.48. The molecule has 0 saturated carbocycles. The van der Waals surface area contributed by atoms with Gasteiger partial charge < -0.3 is 4.90 Å². The van der Waals surface area contributed by atoms with Crippen LogP contribution in [0.5, 0.6) is 0 Å². The summed E-state index contributed by atoms with van der Waals surface area (Å²) in [6, 6.07) is 12.0. The molecule has 0 aliphatic carbocycles. The van der Waals surface area contributed by atoms with Gasteiger partial charge in [-0.3, -0.25) is 9.78 Å². The number of hydrogen-bond acceptors (Lipinski definition) is 2. The minimum Gasteiger partial charge on any atom is -0.339 e. The maximum Gasteiger partial charge on any atom is 0.254 e. The highest BCUT2D eigenvalue weighted by Crippen LogP contribution is 2.23. The Bertz CT molecular complexity index is 631. The van der Waals surface area contributed by atoms with Gasteiger partial charge in [0.05, 0.1) is 0 Å². The topological polar surface area (TPSA) is 33.2 Å². The van der Waals surface area contributed by atoms with Crippen LogP contribution in [0.3, 0.4) is 0 Å². The summed E-state index contributed by atoms with van der Waals surface area (Å²) in [5, 5.41) is 0. The fourth-order valence-electron chi connectivity index (χ4n) is 3.18. The van der Waals surface area contributed by atoms with Gasteiger partial charge in [-0.1, -0.05) is 18.2 Å². The molecular formula is C19H22N2O. The van der Waals surface area contributed by atoms with E-state index in [2.05, 4.69) is 17.1 Å². The van der Waals surface area contributed by atoms with Crippen LogP contribution in [0.15, 0.2) is 48.8 Å². The highest BCUT2D eigenvalue weighted by molar-refractivity contribution is 5.95. The average molecular weight is 294 g/mol. The van der Waals surface area contributed by atoms with Gasteiger partial charge in [-0.25, -0.2) is 0 Å². The number of likely N-dealkylation sites (tertiary alicyclic amines) is 1. The van der Waals surface area contributed by atoms with Gasteiger partial charge in [-0.15, -0.1) is 0 Å². The van der Waals surface area contributed by atoms with Crippen LogP contribution in [-0.4, -0.2) is 28.9 Å². The Kier molecular flexibility index (Phi) is 4.52. The summed E-state index contributed by atoms with van der Waals surface area (Å²) in [5.41, 5.74) is 3.25. The van der Waals surface area contributed by atoms with Gasteiger partial charge in [0, 0.05) is 31.0 Å². The molecule has 0 bridgehead atoms. The molecule has 3 nitrogen and oxygen atoms in total. The van der Waals surface area contributed by atoms with Crippen molar-refractivity contribution in [2.24, 2.45) is 5.92 Å². The first-order chi connectivity index (χ1) is 10.7. The summed E-state index contributed by atoms with van der Waals surface area (Å²) in [7, 11) is 0. The van der Waals surface area contributed by atoms with Crippen molar-refractivity contribution in [3.63, 3.8) is 0 Å². The van der Waals surface area contributed by atoms with Gasteiger partial charge in [0.25, 0.3) is 5.91 Å². The second-order valence-electron chi connectivity index (χ2n) is 6.11. The van der Waals surface area contributed by atoms with E-state index in [1.54, 1.807) is 0 Å². The second-order valence-corrected chi connectivity index (χ2v) is 6.11. The Hall–Kier alpha value is -2.16. The molecule has 2 heterocycles. The first-order valence-electron chi connectivity index (χ1n) is 7.98. The van der Waals surface area contributed by atoms with Crippen LogP contribution < -0.4 is 0 Å². The smallest absolute Gasteiger partial charge is 0.254 e. The van der Waals surface area contributed by atoms with Crippen LogP contribution in [0.1, 0.15) is 34.3 Å². The van der Waals surface area contributed by atoms with Gasteiger partial charge in [-0.2, -0.15) is 0 Å². The number of nitrogens with zero attached hydrogens (tertiary/aromatic N) is 2. The Labute approximate surface area is 132 Å². The number of rotatable bonds is 3. The Morgan fingerprint density at radius 1 is 1.14 bits per heavy atom. The van der Waals surface area contributed by atoms with Crippen molar-refractivity contribution in [3.8, 4) is 0 Å². The van der Waals surface area contributed by atoms with Crippen molar-refractivity contribution < 1.29 is 4.79 Å². The van der Waals surface area contributed by atoms with Crippen LogP contribution in [-0.2, 0) is 6.42 Å². The van der Waals surface area contributed by atoms with Crippen LogP contribution in [0.2, 0.25) is 0 Å². The normalized spacial score (nSPS) is 15.8. The lowest BCUT2D eigenvalue weighted by Gasteiger charge is -2.32. The fraction of sp³-hybridized carbons (Fsp3) is 0.368. The van der Waals surface area contributed by atoms with E-state index in [9.17, 15) is 4.79 Å². The summed E-state index contributed by atoms with van der Waals surface area (Å²) >= 11 is 0. The van der Waals surface area contributed by atoms with Crippen molar-refractivity contribution in [3.05, 3.63) is 65.5 Å². The van der Waals surface area contributed by atoms with Crippen LogP contribution in [0.25, 0.3) is 0 Å². The van der Waals surface area contributed by atoms with Crippen molar-refractivity contribution >= 4 is 5.91 Å². The molecule has 0 atom stereocenters. The van der Waals surface area contributed by atoms with Crippen molar-refractivity contribution in [2.75, 3.05) is 13.1 Å². The van der Waals surface area contributed by atoms with Crippen molar-refractivity contribution in [2.45, 2.75) is 26.2 Å². The zero-order valence-corrected chi connectivity index (χ0v) is 13.0. The van der Waals surface area contributed by atoms with E-state index in [0.717, 1.165) is 43.5 Å². The maximum atomic E-state index is 12.6. The summed E-state index contributed by atoms with van der Waals surface area (Å²) < 4.78 is 0. The van der Waals surface area contributed by atoms with Crippen molar-refractivity contribution in [1.29, 1.82) is 0 Å². The summed E-state index contributed by atoms with van der Waals surface area (Å²) in [5.74, 6) is 0.851. The first-order valence-corrected chi connectivity index (χ1v) is 7.98. The lowest BCUT2D eigenvalue weighted by molar-refractivity contribution is 0.0690. The molecule has 1 amide bonds. The molecule has 114 valence electrons. The summed E-state index contributed by atoms with van der Waals surface area (Å²) in [4.78, 5) is 18.7. The van der Waals surface area contributed by atoms with Gasteiger partial charge in [-0.05, 0) is 61.4 Å². The van der Waals surface area contributed by atoms with E-state index in [4.69, 9.17) is 0 Å². The predicted molar refractivity (Wildman–Crippen MR) is 87.7 cm³/mol. The van der Waals surface area contributed by atoms with E-state index in [0.29, 0.717) is 5.92 Å². The van der Waals surface area contributed by atoms with E-state index in [1.807, 2.05) is 48.5 Å². The highest BCUT2D eigenvalue weighted by Gasteiger charge is 2.24. The third-order valence-corrected chi connectivity index (χ3v) is 4.55. The second kappa shape index (κ2) is 6.73. The first kappa shape index (κ1) is 14.8. The molecule has 22 heavy (non-hydrogen) atoms. The number of carbonyl (C=O) groups is 1. The largest absolute Gasteiger partial charge is 0.339 e. The Morgan fingerprint density at radius 3 is 2.50 bits per heavy atom. The lowest BCUT2D eigenvalue weighted by atomic mass is 9.90. The van der Waals surface area contributed by atoms with Gasteiger partial charge in [0.2, 0.25) is 0 Å². The third-order valence-electron chi connectivity index (χ3n) is 4.55. The number of piperidine rings is 1. The molecule has 3 rings (SSSR count). The molecule has 0 N–H and O–H groups in total. The van der Waals surface area contributed by atoms with E-state index >= 15 is 0 Å². The standard InChI is InChI=1S/C19H22N2O/c1-15-4-2-3-5-18(15)19(22)21-12-8-17(9-13-21)14-16-6-10-20-11-7-16/h2-7,10-11,17H,8-9,12-14H2,1H3. The lowest BCUT2D eigenvalue weighted by Crippen LogP contribution is -2.39.